The van der Waals surface area contributed by atoms with Crippen LogP contribution in [0.2, 0.25) is 5.02 Å². The van der Waals surface area contributed by atoms with Crippen LogP contribution in [0.15, 0.2) is 30.6 Å². The first-order chi connectivity index (χ1) is 11.5. The zero-order chi connectivity index (χ0) is 17.5. The van der Waals surface area contributed by atoms with E-state index in [1.165, 1.54) is 0 Å². The van der Waals surface area contributed by atoms with Crippen molar-refractivity contribution in [3.05, 3.63) is 47.0 Å². The third kappa shape index (κ3) is 5.23. The normalized spacial score (nSPS) is 12.6. The van der Waals surface area contributed by atoms with E-state index in [4.69, 9.17) is 16.3 Å². The molecule has 0 radical (unpaired) electrons. The predicted octanol–water partition coefficient (Wildman–Crippen LogP) is 3.25. The van der Waals surface area contributed by atoms with Crippen molar-refractivity contribution in [1.82, 2.24) is 14.5 Å². The van der Waals surface area contributed by atoms with Crippen LogP contribution in [0.1, 0.15) is 31.7 Å². The van der Waals surface area contributed by atoms with Gasteiger partial charge in [-0.3, -0.25) is 4.90 Å². The van der Waals surface area contributed by atoms with Gasteiger partial charge in [0.1, 0.15) is 11.6 Å². The molecule has 24 heavy (non-hydrogen) atoms. The minimum absolute atomic E-state index is 0.105. The lowest BCUT2D eigenvalue weighted by atomic mass is 10.2. The van der Waals surface area contributed by atoms with Gasteiger partial charge in [-0.1, -0.05) is 24.6 Å². The number of aliphatic hydroxyl groups excluding tert-OH is 1. The molecule has 1 atom stereocenters. The molecule has 2 rings (SSSR count). The van der Waals surface area contributed by atoms with Gasteiger partial charge < -0.3 is 14.4 Å². The number of aromatic nitrogens is 2. The summed E-state index contributed by atoms with van der Waals surface area (Å²) in [7, 11) is 1.97. The van der Waals surface area contributed by atoms with Crippen molar-refractivity contribution in [2.45, 2.75) is 39.5 Å². The maximum Gasteiger partial charge on any atom is 0.138 e. The highest BCUT2D eigenvalue weighted by molar-refractivity contribution is 6.32. The Bertz CT molecular complexity index is 645. The average Bonchev–Trinajstić information content (AvgIpc) is 2.95. The van der Waals surface area contributed by atoms with Gasteiger partial charge in [0.2, 0.25) is 0 Å². The van der Waals surface area contributed by atoms with E-state index < -0.39 is 0 Å². The minimum Gasteiger partial charge on any atom is -0.489 e. The van der Waals surface area contributed by atoms with Gasteiger partial charge in [-0.15, -0.1) is 0 Å². The summed E-state index contributed by atoms with van der Waals surface area (Å²) >= 11 is 6.35. The maximum absolute atomic E-state index is 9.32. The third-order valence-corrected chi connectivity index (χ3v) is 4.30. The second-order valence-electron chi connectivity index (χ2n) is 5.99. The molecule has 0 saturated carbocycles. The van der Waals surface area contributed by atoms with Gasteiger partial charge in [-0.25, -0.2) is 4.98 Å². The van der Waals surface area contributed by atoms with E-state index in [2.05, 4.69) is 16.8 Å². The summed E-state index contributed by atoms with van der Waals surface area (Å²) in [5, 5.41) is 9.94. The lowest BCUT2D eigenvalue weighted by Crippen LogP contribution is -2.27. The third-order valence-electron chi connectivity index (χ3n) is 4.01. The van der Waals surface area contributed by atoms with Crippen LogP contribution in [0.5, 0.6) is 5.75 Å². The van der Waals surface area contributed by atoms with E-state index in [1.54, 1.807) is 6.20 Å². The monoisotopic (exact) mass is 351 g/mol. The van der Waals surface area contributed by atoms with Crippen LogP contribution < -0.4 is 4.74 Å². The van der Waals surface area contributed by atoms with Gasteiger partial charge in [0.25, 0.3) is 0 Å². The zero-order valence-electron chi connectivity index (χ0n) is 14.6. The van der Waals surface area contributed by atoms with Crippen LogP contribution in [0.3, 0.4) is 0 Å². The number of nitrogens with zero attached hydrogens (tertiary/aromatic N) is 3. The molecule has 0 aliphatic heterocycles. The number of aliphatic hydroxyl groups is 1. The van der Waals surface area contributed by atoms with Crippen LogP contribution in [-0.2, 0) is 20.1 Å². The zero-order valence-corrected chi connectivity index (χ0v) is 15.3. The Hall–Kier alpha value is -1.56. The molecule has 2 aromatic rings. The highest BCUT2D eigenvalue weighted by Gasteiger charge is 2.12. The Morgan fingerprint density at radius 3 is 2.75 bits per heavy atom. The molecular weight excluding hydrogens is 326 g/mol. The van der Waals surface area contributed by atoms with Crippen LogP contribution in [0.4, 0.5) is 0 Å². The molecule has 1 N–H and O–H groups in total. The van der Waals surface area contributed by atoms with Gasteiger partial charge in [-0.2, -0.15) is 0 Å². The number of imidazole rings is 1. The topological polar surface area (TPSA) is 50.5 Å². The van der Waals surface area contributed by atoms with Crippen LogP contribution >= 0.6 is 11.6 Å². The quantitative estimate of drug-likeness (QED) is 0.753. The van der Waals surface area contributed by atoms with Crippen molar-refractivity contribution in [2.24, 2.45) is 7.05 Å². The van der Waals surface area contributed by atoms with Crippen molar-refractivity contribution in [1.29, 1.82) is 0 Å². The lowest BCUT2D eigenvalue weighted by Gasteiger charge is -2.22. The Labute approximate surface area is 148 Å². The van der Waals surface area contributed by atoms with Gasteiger partial charge in [-0.05, 0) is 31.0 Å². The molecule has 0 aliphatic rings. The molecule has 1 aromatic carbocycles. The maximum atomic E-state index is 9.32. The first kappa shape index (κ1) is 18.8. The largest absolute Gasteiger partial charge is 0.489 e. The molecule has 0 bridgehead atoms. The van der Waals surface area contributed by atoms with E-state index >= 15 is 0 Å². The van der Waals surface area contributed by atoms with Gasteiger partial charge in [0.15, 0.2) is 0 Å². The Morgan fingerprint density at radius 1 is 1.38 bits per heavy atom. The van der Waals surface area contributed by atoms with Crippen molar-refractivity contribution in [2.75, 3.05) is 13.2 Å². The number of hydrogen-bond donors (Lipinski definition) is 1. The molecule has 0 fully saturated rings. The lowest BCUT2D eigenvalue weighted by molar-refractivity contribution is 0.180. The van der Waals surface area contributed by atoms with Crippen LogP contribution in [0.25, 0.3) is 0 Å². The number of halogens is 1. The first-order valence-corrected chi connectivity index (χ1v) is 8.65. The second-order valence-corrected chi connectivity index (χ2v) is 6.40. The van der Waals surface area contributed by atoms with Crippen molar-refractivity contribution in [3.8, 4) is 5.75 Å². The molecule has 6 heteroatoms. The summed E-state index contributed by atoms with van der Waals surface area (Å²) in [5.41, 5.74) is 1.08. The average molecular weight is 352 g/mol. The summed E-state index contributed by atoms with van der Waals surface area (Å²) in [6.45, 7) is 6.16. The number of ether oxygens (including phenoxy) is 1. The van der Waals surface area contributed by atoms with Crippen molar-refractivity contribution in [3.63, 3.8) is 0 Å². The fourth-order valence-electron chi connectivity index (χ4n) is 2.40. The molecule has 1 aromatic heterocycles. The summed E-state index contributed by atoms with van der Waals surface area (Å²) in [6.07, 6.45) is 4.78. The van der Waals surface area contributed by atoms with E-state index in [9.17, 15) is 5.11 Å². The summed E-state index contributed by atoms with van der Waals surface area (Å²) in [5.74, 6) is 1.68. The number of hydrogen-bond acceptors (Lipinski definition) is 4. The Balaban J connectivity index is 2.06. The summed E-state index contributed by atoms with van der Waals surface area (Å²) in [6, 6.07) is 5.87. The number of aryl methyl sites for hydroxylation is 1. The molecule has 5 nitrogen and oxygen atoms in total. The van der Waals surface area contributed by atoms with Gasteiger partial charge >= 0.3 is 0 Å². The number of benzene rings is 1. The second kappa shape index (κ2) is 9.06. The van der Waals surface area contributed by atoms with Crippen molar-refractivity contribution >= 4 is 11.6 Å². The van der Waals surface area contributed by atoms with Crippen LogP contribution in [-0.4, -0.2) is 38.8 Å². The van der Waals surface area contributed by atoms with Gasteiger partial charge in [0.05, 0.1) is 24.3 Å². The molecule has 0 spiro atoms. The van der Waals surface area contributed by atoms with E-state index in [0.29, 0.717) is 30.4 Å². The Kier molecular flexibility index (Phi) is 7.09. The fourth-order valence-corrected chi connectivity index (χ4v) is 2.65. The Morgan fingerprint density at radius 2 is 2.17 bits per heavy atom. The fraction of sp³-hybridized carbons (Fsp3) is 0.500. The molecule has 1 heterocycles. The highest BCUT2D eigenvalue weighted by atomic mass is 35.5. The predicted molar refractivity (Wildman–Crippen MR) is 96.2 cm³/mol. The molecule has 0 saturated heterocycles. The molecule has 0 amide bonds. The van der Waals surface area contributed by atoms with E-state index in [0.717, 1.165) is 17.8 Å². The smallest absolute Gasteiger partial charge is 0.138 e. The first-order valence-electron chi connectivity index (χ1n) is 8.28. The summed E-state index contributed by atoms with van der Waals surface area (Å²) < 4.78 is 7.79. The van der Waals surface area contributed by atoms with E-state index in [1.807, 2.05) is 42.9 Å². The highest BCUT2D eigenvalue weighted by Crippen LogP contribution is 2.27. The minimum atomic E-state index is 0.105. The van der Waals surface area contributed by atoms with Crippen molar-refractivity contribution < 1.29 is 9.84 Å². The molecular formula is C18H26ClN3O2. The SMILES string of the molecule is CCC(C)Oc1ccc(CN(CCO)Cc2nccn2C)cc1Cl. The molecule has 0 aliphatic carbocycles. The van der Waals surface area contributed by atoms with Gasteiger partial charge in [0, 0.05) is 32.5 Å². The van der Waals surface area contributed by atoms with E-state index in [-0.39, 0.29) is 12.7 Å². The number of rotatable bonds is 9. The molecule has 1 unspecified atom stereocenters. The van der Waals surface area contributed by atoms with Crippen LogP contribution in [0, 0.1) is 0 Å². The molecule has 132 valence electrons. The standard InChI is InChI=1S/C18H26ClN3O2/c1-4-14(2)24-17-6-5-15(11-16(17)19)12-22(9-10-23)13-18-20-7-8-21(18)3/h5-8,11,14,23H,4,9-10,12-13H2,1-3H3. The summed E-state index contributed by atoms with van der Waals surface area (Å²) in [4.78, 5) is 6.49.